The Labute approximate surface area is 253 Å². The molecule has 44 heavy (non-hydrogen) atoms. The summed E-state index contributed by atoms with van der Waals surface area (Å²) in [6.07, 6.45) is 0.281. The highest BCUT2D eigenvalue weighted by atomic mass is 16.8. The van der Waals surface area contributed by atoms with E-state index in [9.17, 15) is 24.3 Å². The van der Waals surface area contributed by atoms with Crippen LogP contribution in [0.2, 0.25) is 0 Å². The summed E-state index contributed by atoms with van der Waals surface area (Å²) in [5.74, 6) is 0.0698. The third-order valence-electron chi connectivity index (χ3n) is 7.43. The number of carbonyl (C=O) groups is 4. The molecule has 12 nitrogen and oxygen atoms in total. The van der Waals surface area contributed by atoms with Crippen LogP contribution >= 0.6 is 0 Å². The number of nitrogens with one attached hydrogen (secondary N) is 1. The number of rotatable bonds is 8. The third-order valence-corrected chi connectivity index (χ3v) is 7.43. The Morgan fingerprint density at radius 2 is 1.52 bits per heavy atom. The lowest BCUT2D eigenvalue weighted by Crippen LogP contribution is -2.58. The van der Waals surface area contributed by atoms with Crippen LogP contribution in [0.1, 0.15) is 55.9 Å². The van der Waals surface area contributed by atoms with Crippen molar-refractivity contribution in [1.82, 2.24) is 5.32 Å². The number of methoxy groups -OCH3 is 1. The third kappa shape index (κ3) is 6.99. The Hall–Kier alpha value is -4.94. The highest BCUT2D eigenvalue weighted by Gasteiger charge is 2.46. The lowest BCUT2D eigenvalue weighted by Gasteiger charge is -2.30. The molecule has 2 amide bonds. The first-order chi connectivity index (χ1) is 21.3. The van der Waals surface area contributed by atoms with Gasteiger partial charge in [-0.05, 0) is 72.1 Å². The standard InChI is InChI=1S/C32H32N2O10/c1-40-20-43-26-12-9-22(10-13-26)30(36)33-25-4-2-3-15-34(19-25,32(38)39)44-31(37)23-7-5-21(6-8-23)29(35)24-11-14-27-28(18-24)42-17-16-41-27/h5-14,18,25H,2-4,15-17,19-20H2,1H3,(H-,33,36,38,39)/p+1. The van der Waals surface area contributed by atoms with E-state index in [0.717, 1.165) is 0 Å². The smallest absolute Gasteiger partial charge is 0.486 e. The number of quaternary nitrogens is 1. The number of ketones is 1. The van der Waals surface area contributed by atoms with Gasteiger partial charge in [-0.1, -0.05) is 12.1 Å². The number of hydrogen-bond donors (Lipinski definition) is 2. The van der Waals surface area contributed by atoms with Crippen molar-refractivity contribution >= 4 is 23.8 Å². The minimum absolute atomic E-state index is 0.0413. The minimum Gasteiger partial charge on any atom is -0.486 e. The zero-order chi connectivity index (χ0) is 31.1. The fourth-order valence-corrected chi connectivity index (χ4v) is 5.13. The quantitative estimate of drug-likeness (QED) is 0.217. The number of fused-ring (bicyclic) bond motifs is 1. The molecule has 1 fully saturated rings. The number of likely N-dealkylation sites (tertiary alicyclic amines) is 1. The second-order valence-corrected chi connectivity index (χ2v) is 10.5. The summed E-state index contributed by atoms with van der Waals surface area (Å²) in [5, 5.41) is 13.1. The summed E-state index contributed by atoms with van der Waals surface area (Å²) in [6, 6.07) is 16.6. The molecule has 0 bridgehead atoms. The van der Waals surface area contributed by atoms with E-state index >= 15 is 0 Å². The van der Waals surface area contributed by atoms with Crippen LogP contribution in [0.25, 0.3) is 0 Å². The number of ether oxygens (including phenoxy) is 4. The van der Waals surface area contributed by atoms with Crippen molar-refractivity contribution in [1.29, 1.82) is 0 Å². The molecule has 2 unspecified atom stereocenters. The van der Waals surface area contributed by atoms with Gasteiger partial charge in [0.2, 0.25) is 0 Å². The van der Waals surface area contributed by atoms with Crippen LogP contribution in [0, 0.1) is 0 Å². The maximum atomic E-state index is 13.2. The first-order valence-electron chi connectivity index (χ1n) is 14.2. The largest absolute Gasteiger partial charge is 0.556 e. The van der Waals surface area contributed by atoms with Gasteiger partial charge in [-0.25, -0.2) is 4.79 Å². The molecular formula is C32H33N2O10+. The molecule has 0 spiro atoms. The summed E-state index contributed by atoms with van der Waals surface area (Å²) >= 11 is 0. The molecule has 5 rings (SSSR count). The van der Waals surface area contributed by atoms with Gasteiger partial charge in [0.1, 0.15) is 25.5 Å². The molecule has 230 valence electrons. The summed E-state index contributed by atoms with van der Waals surface area (Å²) in [4.78, 5) is 57.3. The number of nitrogens with zero attached hydrogens (tertiary/aromatic N) is 1. The molecule has 2 N–H and O–H groups in total. The molecule has 12 heteroatoms. The first kappa shape index (κ1) is 30.5. The van der Waals surface area contributed by atoms with E-state index in [1.807, 2.05) is 0 Å². The predicted octanol–water partition coefficient (Wildman–Crippen LogP) is 4.22. The van der Waals surface area contributed by atoms with E-state index in [4.69, 9.17) is 23.8 Å². The first-order valence-corrected chi connectivity index (χ1v) is 14.2. The molecule has 0 saturated carbocycles. The number of carboxylic acid groups (broad SMARTS) is 1. The number of carbonyl (C=O) groups excluding carboxylic acids is 3. The molecule has 3 aromatic rings. The van der Waals surface area contributed by atoms with Crippen LogP contribution in [0.4, 0.5) is 4.79 Å². The Bertz CT molecular complexity index is 1520. The Morgan fingerprint density at radius 1 is 0.864 bits per heavy atom. The van der Waals surface area contributed by atoms with Crippen molar-refractivity contribution < 1.29 is 52.7 Å². The van der Waals surface area contributed by atoms with Gasteiger partial charge in [0.05, 0.1) is 11.6 Å². The van der Waals surface area contributed by atoms with Gasteiger partial charge in [-0.3, -0.25) is 14.4 Å². The van der Waals surface area contributed by atoms with Gasteiger partial charge < -0.3 is 29.4 Å². The summed E-state index contributed by atoms with van der Waals surface area (Å²) in [7, 11) is 1.50. The van der Waals surface area contributed by atoms with Gasteiger partial charge in [0, 0.05) is 30.2 Å². The van der Waals surface area contributed by atoms with Crippen LogP contribution in [-0.2, 0) is 9.57 Å². The average molecular weight is 606 g/mol. The average Bonchev–Trinajstić information content (AvgIpc) is 3.26. The number of amides is 2. The maximum Gasteiger partial charge on any atom is 0.556 e. The van der Waals surface area contributed by atoms with Crippen LogP contribution in [0.15, 0.2) is 66.7 Å². The SMILES string of the molecule is COCOc1ccc(C(=O)NC2CCCC[N+](OC(=O)c3ccc(C(=O)c4ccc5c(c4)OCCO5)cc3)(C(=O)O)C2)cc1. The van der Waals surface area contributed by atoms with Crippen molar-refractivity contribution in [3.8, 4) is 17.2 Å². The normalized spacial score (nSPS) is 19.2. The summed E-state index contributed by atoms with van der Waals surface area (Å²) < 4.78 is 20.3. The zero-order valence-electron chi connectivity index (χ0n) is 24.2. The van der Waals surface area contributed by atoms with Crippen molar-refractivity contribution in [2.24, 2.45) is 0 Å². The number of hydroxylamine groups is 3. The number of hydrogen-bond acceptors (Lipinski definition) is 9. The molecule has 1 saturated heterocycles. The lowest BCUT2D eigenvalue weighted by atomic mass is 10.0. The van der Waals surface area contributed by atoms with E-state index < -0.39 is 22.8 Å². The van der Waals surface area contributed by atoms with E-state index in [1.165, 1.54) is 31.4 Å². The lowest BCUT2D eigenvalue weighted by molar-refractivity contribution is -1.03. The van der Waals surface area contributed by atoms with Crippen LogP contribution in [0.5, 0.6) is 17.2 Å². The predicted molar refractivity (Wildman–Crippen MR) is 155 cm³/mol. The maximum absolute atomic E-state index is 13.2. The van der Waals surface area contributed by atoms with E-state index in [-0.39, 0.29) is 37.1 Å². The molecular weight excluding hydrogens is 572 g/mol. The second kappa shape index (κ2) is 13.6. The highest BCUT2D eigenvalue weighted by molar-refractivity contribution is 6.09. The monoisotopic (exact) mass is 605 g/mol. The minimum atomic E-state index is -1.34. The molecule has 0 radical (unpaired) electrons. The topological polar surface area (TPSA) is 147 Å². The van der Waals surface area contributed by atoms with Crippen LogP contribution in [0.3, 0.4) is 0 Å². The van der Waals surface area contributed by atoms with Gasteiger partial charge in [-0.15, -0.1) is 0 Å². The van der Waals surface area contributed by atoms with E-state index in [0.29, 0.717) is 66.4 Å². The van der Waals surface area contributed by atoms with Crippen molar-refractivity contribution in [3.63, 3.8) is 0 Å². The van der Waals surface area contributed by atoms with Crippen LogP contribution < -0.4 is 19.5 Å². The Morgan fingerprint density at radius 3 is 2.23 bits per heavy atom. The Balaban J connectivity index is 1.25. The van der Waals surface area contributed by atoms with Crippen molar-refractivity contribution in [2.45, 2.75) is 25.3 Å². The van der Waals surface area contributed by atoms with Gasteiger partial charge in [0.25, 0.3) is 5.91 Å². The molecule has 0 aromatic heterocycles. The van der Waals surface area contributed by atoms with Crippen molar-refractivity contribution in [3.05, 3.63) is 89.0 Å². The van der Waals surface area contributed by atoms with E-state index in [2.05, 4.69) is 5.32 Å². The molecule has 3 aromatic carbocycles. The molecule has 0 aliphatic carbocycles. The fourth-order valence-electron chi connectivity index (χ4n) is 5.13. The second-order valence-electron chi connectivity index (χ2n) is 10.5. The van der Waals surface area contributed by atoms with Crippen molar-refractivity contribution in [2.75, 3.05) is 40.2 Å². The molecule has 2 aliphatic heterocycles. The summed E-state index contributed by atoms with van der Waals surface area (Å²) in [5.41, 5.74) is 1.18. The number of benzene rings is 3. The molecule has 2 atom stereocenters. The molecule has 2 heterocycles. The van der Waals surface area contributed by atoms with E-state index in [1.54, 1.807) is 42.5 Å². The van der Waals surface area contributed by atoms with Crippen LogP contribution in [-0.4, -0.2) is 79.8 Å². The Kier molecular flexibility index (Phi) is 9.41. The van der Waals surface area contributed by atoms with Gasteiger partial charge in [0.15, 0.2) is 30.6 Å². The van der Waals surface area contributed by atoms with Gasteiger partial charge in [-0.2, -0.15) is 4.79 Å². The summed E-state index contributed by atoms with van der Waals surface area (Å²) in [6.45, 7) is 0.799. The highest BCUT2D eigenvalue weighted by Crippen LogP contribution is 2.31. The molecule has 2 aliphatic rings. The fraction of sp³-hybridized carbons (Fsp3) is 0.312. The zero-order valence-corrected chi connectivity index (χ0v) is 24.2. The van der Waals surface area contributed by atoms with Gasteiger partial charge >= 0.3 is 12.1 Å².